The Balaban J connectivity index is 2.59. The molecule has 0 aliphatic carbocycles. The molecule has 0 aliphatic rings. The largest absolute Gasteiger partial charge is 0.453 e. The minimum absolute atomic E-state index is 0.322. The van der Waals surface area contributed by atoms with Gasteiger partial charge in [-0.05, 0) is 31.7 Å². The highest BCUT2D eigenvalue weighted by Crippen LogP contribution is 2.08. The van der Waals surface area contributed by atoms with Crippen LogP contribution in [0.4, 0.5) is 9.18 Å². The normalized spacial score (nSPS) is 12.1. The Morgan fingerprint density at radius 1 is 1.47 bits per heavy atom. The van der Waals surface area contributed by atoms with E-state index in [0.29, 0.717) is 6.54 Å². The number of methoxy groups -OCH3 is 1. The minimum atomic E-state index is -0.795. The van der Waals surface area contributed by atoms with Crippen LogP contribution in [0.2, 0.25) is 0 Å². The maximum Gasteiger partial charge on any atom is 0.413 e. The molecule has 0 bridgehead atoms. The van der Waals surface area contributed by atoms with Gasteiger partial charge in [0, 0.05) is 6.54 Å². The van der Waals surface area contributed by atoms with E-state index in [1.165, 1.54) is 19.2 Å². The van der Waals surface area contributed by atoms with Crippen LogP contribution >= 0.6 is 0 Å². The molecule has 6 heteroatoms. The molecule has 104 valence electrons. The van der Waals surface area contributed by atoms with Crippen molar-refractivity contribution < 1.29 is 18.7 Å². The number of alkyl carbamates (subject to hydrolysis) is 1. The van der Waals surface area contributed by atoms with Gasteiger partial charge in [0.05, 0.1) is 13.2 Å². The average molecular weight is 268 g/mol. The lowest BCUT2D eigenvalue weighted by Gasteiger charge is -2.23. The van der Waals surface area contributed by atoms with Gasteiger partial charge in [-0.2, -0.15) is 0 Å². The maximum atomic E-state index is 13.0. The number of benzene rings is 1. The predicted molar refractivity (Wildman–Crippen MR) is 67.9 cm³/mol. The van der Waals surface area contributed by atoms with Crippen molar-refractivity contribution in [2.24, 2.45) is 0 Å². The van der Waals surface area contributed by atoms with E-state index in [1.807, 2.05) is 0 Å². The number of likely N-dealkylation sites (N-methyl/N-ethyl adjacent to an activating group) is 1. The first-order chi connectivity index (χ1) is 8.93. The van der Waals surface area contributed by atoms with E-state index in [9.17, 15) is 14.0 Å². The molecule has 0 fully saturated rings. The summed E-state index contributed by atoms with van der Waals surface area (Å²) in [6.07, 6.45) is -0.795. The van der Waals surface area contributed by atoms with Gasteiger partial charge in [0.2, 0.25) is 5.91 Å². The van der Waals surface area contributed by atoms with Crippen molar-refractivity contribution in [3.8, 4) is 0 Å². The Bertz CT molecular complexity index is 465. The van der Waals surface area contributed by atoms with E-state index in [1.54, 1.807) is 31.0 Å². The molecule has 2 amide bonds. The van der Waals surface area contributed by atoms with Crippen LogP contribution in [0.5, 0.6) is 0 Å². The number of carbonyl (C=O) groups excluding carboxylic acids is 2. The van der Waals surface area contributed by atoms with Crippen molar-refractivity contribution in [2.75, 3.05) is 14.2 Å². The van der Waals surface area contributed by atoms with Gasteiger partial charge in [-0.1, -0.05) is 12.1 Å². The highest BCUT2D eigenvalue weighted by molar-refractivity contribution is 5.94. The summed E-state index contributed by atoms with van der Waals surface area (Å²) in [6.45, 7) is 2.05. The van der Waals surface area contributed by atoms with Gasteiger partial charge in [-0.3, -0.25) is 15.0 Å². The smallest absolute Gasteiger partial charge is 0.413 e. The lowest BCUT2D eigenvalue weighted by molar-refractivity contribution is -0.124. The lowest BCUT2D eigenvalue weighted by Crippen LogP contribution is -2.45. The molecule has 0 radical (unpaired) electrons. The fourth-order valence-electron chi connectivity index (χ4n) is 1.52. The van der Waals surface area contributed by atoms with Gasteiger partial charge in [0.25, 0.3) is 0 Å². The predicted octanol–water partition coefficient (Wildman–Crippen LogP) is 1.53. The van der Waals surface area contributed by atoms with Crippen LogP contribution in [-0.4, -0.2) is 37.1 Å². The molecule has 0 unspecified atom stereocenters. The zero-order chi connectivity index (χ0) is 14.4. The number of ether oxygens (including phenoxy) is 1. The molecule has 1 atom stereocenters. The number of nitrogens with zero attached hydrogens (tertiary/aromatic N) is 1. The van der Waals surface area contributed by atoms with Crippen LogP contribution in [-0.2, 0) is 16.1 Å². The van der Waals surface area contributed by atoms with Gasteiger partial charge in [-0.25, -0.2) is 9.18 Å². The van der Waals surface area contributed by atoms with Crippen molar-refractivity contribution in [2.45, 2.75) is 19.5 Å². The molecule has 0 aromatic heterocycles. The molecule has 0 aliphatic heterocycles. The van der Waals surface area contributed by atoms with Crippen LogP contribution in [0.15, 0.2) is 24.3 Å². The van der Waals surface area contributed by atoms with Gasteiger partial charge in [-0.15, -0.1) is 0 Å². The zero-order valence-corrected chi connectivity index (χ0v) is 11.1. The van der Waals surface area contributed by atoms with Crippen molar-refractivity contribution in [3.05, 3.63) is 35.6 Å². The average Bonchev–Trinajstić information content (AvgIpc) is 2.37. The molecule has 1 aromatic rings. The van der Waals surface area contributed by atoms with E-state index < -0.39 is 18.0 Å². The number of nitrogens with one attached hydrogen (secondary N) is 1. The van der Waals surface area contributed by atoms with E-state index in [4.69, 9.17) is 0 Å². The number of hydrogen-bond donors (Lipinski definition) is 1. The van der Waals surface area contributed by atoms with E-state index in [2.05, 4.69) is 10.1 Å². The van der Waals surface area contributed by atoms with Gasteiger partial charge >= 0.3 is 6.09 Å². The summed E-state index contributed by atoms with van der Waals surface area (Å²) >= 11 is 0. The second-order valence-electron chi connectivity index (χ2n) is 4.20. The Labute approximate surface area is 111 Å². The van der Waals surface area contributed by atoms with Crippen LogP contribution in [0.1, 0.15) is 12.5 Å². The summed E-state index contributed by atoms with van der Waals surface area (Å²) < 4.78 is 17.4. The van der Waals surface area contributed by atoms with Crippen molar-refractivity contribution in [3.63, 3.8) is 0 Å². The SMILES string of the molecule is COC(=O)NC(=O)[C@@H](C)N(C)Cc1cccc(F)c1. The molecule has 5 nitrogen and oxygen atoms in total. The topological polar surface area (TPSA) is 58.6 Å². The first kappa shape index (κ1) is 15.1. The Morgan fingerprint density at radius 3 is 2.74 bits per heavy atom. The molecule has 1 rings (SSSR count). The van der Waals surface area contributed by atoms with Gasteiger partial charge < -0.3 is 4.74 Å². The Kier molecular flexibility index (Phi) is 5.44. The van der Waals surface area contributed by atoms with Crippen LogP contribution in [0.25, 0.3) is 0 Å². The summed E-state index contributed by atoms with van der Waals surface area (Å²) in [6, 6.07) is 5.60. The van der Waals surface area contributed by atoms with Gasteiger partial charge in [0.15, 0.2) is 0 Å². The van der Waals surface area contributed by atoms with E-state index in [0.717, 1.165) is 5.56 Å². The summed E-state index contributed by atoms with van der Waals surface area (Å²) in [5.74, 6) is -0.789. The zero-order valence-electron chi connectivity index (χ0n) is 11.1. The Morgan fingerprint density at radius 2 is 2.16 bits per heavy atom. The number of rotatable bonds is 4. The summed E-state index contributed by atoms with van der Waals surface area (Å²) in [4.78, 5) is 24.3. The first-order valence-electron chi connectivity index (χ1n) is 5.77. The number of hydrogen-bond acceptors (Lipinski definition) is 4. The maximum absolute atomic E-state index is 13.0. The number of carbonyl (C=O) groups is 2. The molecule has 0 spiro atoms. The number of amides is 2. The van der Waals surface area contributed by atoms with Crippen LogP contribution in [0.3, 0.4) is 0 Å². The third kappa shape index (κ3) is 4.67. The second kappa shape index (κ2) is 6.84. The molecule has 0 saturated heterocycles. The standard InChI is InChI=1S/C13H17FN2O3/c1-9(12(17)15-13(18)19-3)16(2)8-10-5-4-6-11(14)7-10/h4-7,9H,8H2,1-3H3,(H,15,17,18)/t9-/m1/s1. The fourth-order valence-corrected chi connectivity index (χ4v) is 1.52. The summed E-state index contributed by atoms with van der Waals surface area (Å²) in [5.41, 5.74) is 0.750. The quantitative estimate of drug-likeness (QED) is 0.899. The molecular weight excluding hydrogens is 251 g/mol. The third-order valence-electron chi connectivity index (χ3n) is 2.77. The van der Waals surface area contributed by atoms with Crippen molar-refractivity contribution >= 4 is 12.0 Å². The molecule has 1 aromatic carbocycles. The molecule has 19 heavy (non-hydrogen) atoms. The number of imide groups is 1. The third-order valence-corrected chi connectivity index (χ3v) is 2.77. The number of halogens is 1. The second-order valence-corrected chi connectivity index (χ2v) is 4.20. The lowest BCUT2D eigenvalue weighted by atomic mass is 10.2. The summed E-state index contributed by atoms with van der Waals surface area (Å²) in [5, 5.41) is 2.09. The van der Waals surface area contributed by atoms with Crippen molar-refractivity contribution in [1.29, 1.82) is 0 Å². The van der Waals surface area contributed by atoms with E-state index in [-0.39, 0.29) is 5.82 Å². The van der Waals surface area contributed by atoms with Gasteiger partial charge in [0.1, 0.15) is 5.82 Å². The van der Waals surface area contributed by atoms with E-state index >= 15 is 0 Å². The first-order valence-corrected chi connectivity index (χ1v) is 5.77. The van der Waals surface area contributed by atoms with Crippen LogP contribution in [0, 0.1) is 5.82 Å². The minimum Gasteiger partial charge on any atom is -0.453 e. The fraction of sp³-hybridized carbons (Fsp3) is 0.385. The Hall–Kier alpha value is -1.95. The molecule has 0 saturated carbocycles. The molecule has 0 heterocycles. The van der Waals surface area contributed by atoms with Crippen LogP contribution < -0.4 is 5.32 Å². The molecular formula is C13H17FN2O3. The summed E-state index contributed by atoms with van der Waals surface area (Å²) in [7, 11) is 2.90. The highest BCUT2D eigenvalue weighted by Gasteiger charge is 2.20. The highest BCUT2D eigenvalue weighted by atomic mass is 19.1. The molecule has 1 N–H and O–H groups in total. The monoisotopic (exact) mass is 268 g/mol. The van der Waals surface area contributed by atoms with Crippen molar-refractivity contribution in [1.82, 2.24) is 10.2 Å².